The standard InChI is InChI=1S/C13H18N4OS/c1-5-14-13-15-11(7-19-13)9-6-10(8(2)3)16-17(4)12(9)18/h6-8H,5H2,1-4H3,(H,14,15). The molecule has 0 saturated heterocycles. The largest absolute Gasteiger partial charge is 0.362 e. The second-order valence-electron chi connectivity index (χ2n) is 4.63. The van der Waals surface area contributed by atoms with Gasteiger partial charge in [-0.2, -0.15) is 5.10 Å². The van der Waals surface area contributed by atoms with Gasteiger partial charge in [-0.05, 0) is 18.9 Å². The van der Waals surface area contributed by atoms with Crippen LogP contribution in [-0.2, 0) is 7.05 Å². The van der Waals surface area contributed by atoms with Gasteiger partial charge in [0.2, 0.25) is 0 Å². The molecule has 19 heavy (non-hydrogen) atoms. The molecule has 0 amide bonds. The fourth-order valence-corrected chi connectivity index (χ4v) is 2.51. The lowest BCUT2D eigenvalue weighted by molar-refractivity contribution is 0.655. The number of nitrogens with one attached hydrogen (secondary N) is 1. The summed E-state index contributed by atoms with van der Waals surface area (Å²) in [4.78, 5) is 16.6. The molecular weight excluding hydrogens is 260 g/mol. The van der Waals surface area contributed by atoms with E-state index < -0.39 is 0 Å². The van der Waals surface area contributed by atoms with Crippen LogP contribution in [-0.4, -0.2) is 21.3 Å². The SMILES string of the molecule is CCNc1nc(-c2cc(C(C)C)nn(C)c2=O)cs1. The zero-order valence-electron chi connectivity index (χ0n) is 11.6. The molecule has 0 aliphatic rings. The first-order valence-corrected chi connectivity index (χ1v) is 7.19. The van der Waals surface area contributed by atoms with Crippen molar-refractivity contribution in [3.63, 3.8) is 0 Å². The average Bonchev–Trinajstić information content (AvgIpc) is 2.81. The van der Waals surface area contributed by atoms with Crippen molar-refractivity contribution in [3.8, 4) is 11.3 Å². The first kappa shape index (κ1) is 13.7. The van der Waals surface area contributed by atoms with Crippen molar-refractivity contribution in [1.29, 1.82) is 0 Å². The molecule has 2 heterocycles. The molecule has 2 aromatic rings. The summed E-state index contributed by atoms with van der Waals surface area (Å²) < 4.78 is 1.39. The predicted octanol–water partition coefficient (Wildman–Crippen LogP) is 2.46. The van der Waals surface area contributed by atoms with Gasteiger partial charge in [-0.1, -0.05) is 13.8 Å². The zero-order chi connectivity index (χ0) is 14.0. The van der Waals surface area contributed by atoms with Crippen LogP contribution in [0.1, 0.15) is 32.4 Å². The van der Waals surface area contributed by atoms with E-state index in [9.17, 15) is 4.79 Å². The van der Waals surface area contributed by atoms with Crippen LogP contribution in [0.4, 0.5) is 5.13 Å². The maximum Gasteiger partial charge on any atom is 0.275 e. The van der Waals surface area contributed by atoms with Crippen LogP contribution in [0.2, 0.25) is 0 Å². The minimum Gasteiger partial charge on any atom is -0.362 e. The van der Waals surface area contributed by atoms with E-state index in [4.69, 9.17) is 0 Å². The maximum atomic E-state index is 12.2. The van der Waals surface area contributed by atoms with E-state index in [1.807, 2.05) is 18.4 Å². The normalized spacial score (nSPS) is 11.0. The molecule has 0 fully saturated rings. The van der Waals surface area contributed by atoms with Crippen molar-refractivity contribution in [2.45, 2.75) is 26.7 Å². The summed E-state index contributed by atoms with van der Waals surface area (Å²) in [5, 5.41) is 10.2. The first-order chi connectivity index (χ1) is 9.02. The van der Waals surface area contributed by atoms with Gasteiger partial charge in [0.15, 0.2) is 5.13 Å². The Morgan fingerprint density at radius 2 is 2.21 bits per heavy atom. The molecule has 2 aromatic heterocycles. The van der Waals surface area contributed by atoms with Crippen LogP contribution >= 0.6 is 11.3 Å². The van der Waals surface area contributed by atoms with Crippen LogP contribution in [0.15, 0.2) is 16.2 Å². The Kier molecular flexibility index (Phi) is 3.99. The molecular formula is C13H18N4OS. The highest BCUT2D eigenvalue weighted by Crippen LogP contribution is 2.24. The Hall–Kier alpha value is -1.69. The molecule has 0 aliphatic heterocycles. The van der Waals surface area contributed by atoms with Gasteiger partial charge in [0.1, 0.15) is 0 Å². The van der Waals surface area contributed by atoms with Crippen molar-refractivity contribution in [3.05, 3.63) is 27.5 Å². The Balaban J connectivity index is 2.50. The molecule has 0 spiro atoms. The van der Waals surface area contributed by atoms with E-state index in [-0.39, 0.29) is 11.5 Å². The van der Waals surface area contributed by atoms with E-state index in [0.29, 0.717) is 11.3 Å². The molecule has 102 valence electrons. The smallest absolute Gasteiger partial charge is 0.275 e. The second kappa shape index (κ2) is 5.52. The number of hydrogen-bond donors (Lipinski definition) is 1. The molecule has 0 bridgehead atoms. The van der Waals surface area contributed by atoms with E-state index in [1.165, 1.54) is 16.0 Å². The number of nitrogens with zero attached hydrogens (tertiary/aromatic N) is 3. The summed E-state index contributed by atoms with van der Waals surface area (Å²) in [7, 11) is 1.68. The summed E-state index contributed by atoms with van der Waals surface area (Å²) in [5.41, 5.74) is 2.11. The predicted molar refractivity (Wildman–Crippen MR) is 78.8 cm³/mol. The number of rotatable bonds is 4. The third kappa shape index (κ3) is 2.84. The highest BCUT2D eigenvalue weighted by Gasteiger charge is 2.13. The third-order valence-electron chi connectivity index (χ3n) is 2.78. The lowest BCUT2D eigenvalue weighted by atomic mass is 10.1. The van der Waals surface area contributed by atoms with E-state index in [2.05, 4.69) is 29.2 Å². The Morgan fingerprint density at radius 1 is 1.47 bits per heavy atom. The minimum absolute atomic E-state index is 0.113. The van der Waals surface area contributed by atoms with Crippen molar-refractivity contribution >= 4 is 16.5 Å². The lowest BCUT2D eigenvalue weighted by Gasteiger charge is -2.08. The van der Waals surface area contributed by atoms with Gasteiger partial charge in [-0.3, -0.25) is 4.79 Å². The summed E-state index contributed by atoms with van der Waals surface area (Å²) in [6.45, 7) is 6.95. The molecule has 0 unspecified atom stereocenters. The van der Waals surface area contributed by atoms with Gasteiger partial charge in [0.05, 0.1) is 17.0 Å². The van der Waals surface area contributed by atoms with Crippen molar-refractivity contribution in [2.75, 3.05) is 11.9 Å². The fourth-order valence-electron chi connectivity index (χ4n) is 1.73. The van der Waals surface area contributed by atoms with E-state index >= 15 is 0 Å². The van der Waals surface area contributed by atoms with Gasteiger partial charge >= 0.3 is 0 Å². The fraction of sp³-hybridized carbons (Fsp3) is 0.462. The minimum atomic E-state index is -0.113. The molecule has 6 heteroatoms. The molecule has 0 saturated carbocycles. The summed E-state index contributed by atoms with van der Waals surface area (Å²) >= 11 is 1.51. The average molecular weight is 278 g/mol. The molecule has 0 atom stereocenters. The van der Waals surface area contributed by atoms with Crippen molar-refractivity contribution in [1.82, 2.24) is 14.8 Å². The first-order valence-electron chi connectivity index (χ1n) is 6.31. The third-order valence-corrected chi connectivity index (χ3v) is 3.58. The van der Waals surface area contributed by atoms with Gasteiger partial charge in [-0.25, -0.2) is 9.67 Å². The van der Waals surface area contributed by atoms with Crippen LogP contribution in [0, 0.1) is 0 Å². The van der Waals surface area contributed by atoms with Crippen LogP contribution < -0.4 is 10.9 Å². The number of aryl methyl sites for hydroxylation is 1. The molecule has 1 N–H and O–H groups in total. The summed E-state index contributed by atoms with van der Waals surface area (Å²) in [5.74, 6) is 0.275. The highest BCUT2D eigenvalue weighted by molar-refractivity contribution is 7.14. The van der Waals surface area contributed by atoms with Crippen LogP contribution in [0.5, 0.6) is 0 Å². The molecule has 0 radical (unpaired) electrons. The Morgan fingerprint density at radius 3 is 2.84 bits per heavy atom. The van der Waals surface area contributed by atoms with Crippen molar-refractivity contribution < 1.29 is 0 Å². The van der Waals surface area contributed by atoms with Gasteiger partial charge in [0.25, 0.3) is 5.56 Å². The molecule has 0 aromatic carbocycles. The number of hydrogen-bond acceptors (Lipinski definition) is 5. The monoisotopic (exact) mass is 278 g/mol. The summed E-state index contributed by atoms with van der Waals surface area (Å²) in [6, 6.07) is 1.85. The quantitative estimate of drug-likeness (QED) is 0.933. The van der Waals surface area contributed by atoms with E-state index in [0.717, 1.165) is 17.4 Å². The zero-order valence-corrected chi connectivity index (χ0v) is 12.4. The summed E-state index contributed by atoms with van der Waals surface area (Å²) in [6.07, 6.45) is 0. The Bertz CT molecular complexity index is 630. The number of aromatic nitrogens is 3. The van der Waals surface area contributed by atoms with Crippen molar-refractivity contribution in [2.24, 2.45) is 7.05 Å². The van der Waals surface area contributed by atoms with Gasteiger partial charge in [-0.15, -0.1) is 11.3 Å². The second-order valence-corrected chi connectivity index (χ2v) is 5.49. The van der Waals surface area contributed by atoms with Crippen LogP contribution in [0.25, 0.3) is 11.3 Å². The van der Waals surface area contributed by atoms with Gasteiger partial charge < -0.3 is 5.32 Å². The van der Waals surface area contributed by atoms with Crippen LogP contribution in [0.3, 0.4) is 0 Å². The Labute approximate surface area is 116 Å². The molecule has 2 rings (SSSR count). The van der Waals surface area contributed by atoms with E-state index in [1.54, 1.807) is 7.05 Å². The maximum absolute atomic E-state index is 12.2. The number of thiazole rings is 1. The topological polar surface area (TPSA) is 59.8 Å². The lowest BCUT2D eigenvalue weighted by Crippen LogP contribution is -2.23. The molecule has 0 aliphatic carbocycles. The number of anilines is 1. The molecule has 5 nitrogen and oxygen atoms in total. The highest BCUT2D eigenvalue weighted by atomic mass is 32.1. The van der Waals surface area contributed by atoms with Gasteiger partial charge in [0, 0.05) is 19.0 Å².